The quantitative estimate of drug-likeness (QED) is 0.428. The molecule has 0 rings (SSSR count). The smallest absolute Gasteiger partial charge is 0.304 e. The number of esters is 1. The average molecular weight is 236 g/mol. The molecular weight excluding hydrogens is 216 g/mol. The van der Waals surface area contributed by atoms with Crippen molar-refractivity contribution in [3.8, 4) is 23.8 Å². The third-order valence-corrected chi connectivity index (χ3v) is 2.79. The molecular formula is C13H20O2Si. The van der Waals surface area contributed by atoms with Crippen LogP contribution in [0.15, 0.2) is 0 Å². The first kappa shape index (κ1) is 14.8. The van der Waals surface area contributed by atoms with E-state index in [1.54, 1.807) is 6.92 Å². The highest BCUT2D eigenvalue weighted by atomic mass is 28.3. The summed E-state index contributed by atoms with van der Waals surface area (Å²) in [5.41, 5.74) is 2.43. The van der Waals surface area contributed by atoms with E-state index in [2.05, 4.69) is 37.0 Å². The first-order valence-corrected chi connectivity index (χ1v) is 8.86. The molecule has 16 heavy (non-hydrogen) atoms. The summed E-state index contributed by atoms with van der Waals surface area (Å²) in [5, 5.41) is 0. The van der Waals surface area contributed by atoms with Crippen molar-refractivity contribution in [1.82, 2.24) is 0 Å². The maximum absolute atomic E-state index is 10.9. The third-order valence-electron chi connectivity index (χ3n) is 1.86. The van der Waals surface area contributed by atoms with E-state index in [4.69, 9.17) is 11.2 Å². The highest BCUT2D eigenvalue weighted by Crippen LogP contribution is 2.16. The van der Waals surface area contributed by atoms with Crippen LogP contribution in [0.1, 0.15) is 26.7 Å². The van der Waals surface area contributed by atoms with Gasteiger partial charge in [0.25, 0.3) is 0 Å². The lowest BCUT2D eigenvalue weighted by Crippen LogP contribution is -2.28. The van der Waals surface area contributed by atoms with Gasteiger partial charge in [0.05, 0.1) is 0 Å². The Bertz CT molecular complexity index is 349. The molecule has 0 saturated heterocycles. The van der Waals surface area contributed by atoms with Gasteiger partial charge < -0.3 is 4.74 Å². The molecule has 0 aliphatic carbocycles. The molecule has 0 saturated carbocycles. The van der Waals surface area contributed by atoms with Gasteiger partial charge in [-0.05, 0) is 6.92 Å². The Morgan fingerprint density at radius 3 is 2.38 bits per heavy atom. The summed E-state index contributed by atoms with van der Waals surface area (Å²) in [4.78, 5) is 10.9. The van der Waals surface area contributed by atoms with Crippen LogP contribution in [0.5, 0.6) is 0 Å². The van der Waals surface area contributed by atoms with Crippen molar-refractivity contribution in [2.24, 2.45) is 0 Å². The van der Waals surface area contributed by atoms with E-state index in [-0.39, 0.29) is 5.97 Å². The summed E-state index contributed by atoms with van der Waals surface area (Å²) in [5.74, 6) is 5.27. The molecule has 0 aromatic carbocycles. The van der Waals surface area contributed by atoms with Crippen molar-refractivity contribution in [2.75, 3.05) is 0 Å². The van der Waals surface area contributed by atoms with Gasteiger partial charge in [-0.1, -0.05) is 25.6 Å². The Labute approximate surface area is 99.8 Å². The van der Waals surface area contributed by atoms with Gasteiger partial charge in [0.1, 0.15) is 8.07 Å². The lowest BCUT2D eigenvalue weighted by molar-refractivity contribution is -0.150. The molecule has 1 unspecified atom stereocenters. The van der Waals surface area contributed by atoms with Crippen LogP contribution >= 0.6 is 0 Å². The van der Waals surface area contributed by atoms with E-state index in [0.29, 0.717) is 12.8 Å². The predicted molar refractivity (Wildman–Crippen MR) is 69.4 cm³/mol. The standard InChI is InChI=1S/C13H20O2Si/c1-7-13(3,15-12(2)14)10-8-9-11-16(4,5)6/h1H,8,10H2,2-6H3. The Hall–Kier alpha value is -1.19. The van der Waals surface area contributed by atoms with Gasteiger partial charge in [-0.25, -0.2) is 0 Å². The molecule has 88 valence electrons. The third kappa shape index (κ3) is 7.15. The van der Waals surface area contributed by atoms with E-state index in [1.807, 2.05) is 0 Å². The van der Waals surface area contributed by atoms with Crippen molar-refractivity contribution in [3.05, 3.63) is 0 Å². The number of ether oxygens (including phenoxy) is 1. The summed E-state index contributed by atoms with van der Waals surface area (Å²) in [6.45, 7) is 9.67. The second-order valence-corrected chi connectivity index (χ2v) is 9.77. The van der Waals surface area contributed by atoms with E-state index < -0.39 is 13.7 Å². The van der Waals surface area contributed by atoms with Gasteiger partial charge in [0, 0.05) is 19.8 Å². The van der Waals surface area contributed by atoms with Crippen LogP contribution in [0.4, 0.5) is 0 Å². The highest BCUT2D eigenvalue weighted by Gasteiger charge is 2.23. The van der Waals surface area contributed by atoms with Gasteiger partial charge >= 0.3 is 5.97 Å². The number of carbonyl (C=O) groups excluding carboxylic acids is 1. The first-order valence-electron chi connectivity index (χ1n) is 5.36. The molecule has 0 radical (unpaired) electrons. The van der Waals surface area contributed by atoms with Crippen LogP contribution in [0.25, 0.3) is 0 Å². The second-order valence-electron chi connectivity index (χ2n) is 5.02. The van der Waals surface area contributed by atoms with Gasteiger partial charge in [-0.15, -0.1) is 17.9 Å². The van der Waals surface area contributed by atoms with Gasteiger partial charge in [0.2, 0.25) is 0 Å². The fourth-order valence-electron chi connectivity index (χ4n) is 1.10. The van der Waals surface area contributed by atoms with E-state index >= 15 is 0 Å². The minimum Gasteiger partial charge on any atom is -0.446 e. The minimum absolute atomic E-state index is 0.349. The largest absolute Gasteiger partial charge is 0.446 e. The number of hydrogen-bond donors (Lipinski definition) is 0. The van der Waals surface area contributed by atoms with Crippen LogP contribution in [0.2, 0.25) is 19.6 Å². The highest BCUT2D eigenvalue weighted by molar-refractivity contribution is 6.83. The zero-order valence-corrected chi connectivity index (χ0v) is 11.8. The van der Waals surface area contributed by atoms with Crippen LogP contribution in [0.3, 0.4) is 0 Å². The maximum Gasteiger partial charge on any atom is 0.304 e. The van der Waals surface area contributed by atoms with Crippen molar-refractivity contribution in [1.29, 1.82) is 0 Å². The van der Waals surface area contributed by atoms with E-state index in [9.17, 15) is 4.79 Å². The molecule has 1 atom stereocenters. The van der Waals surface area contributed by atoms with E-state index in [1.165, 1.54) is 6.92 Å². The summed E-state index contributed by atoms with van der Waals surface area (Å²) >= 11 is 0. The fraction of sp³-hybridized carbons (Fsp3) is 0.615. The maximum atomic E-state index is 10.9. The molecule has 0 aromatic rings. The van der Waals surface area contributed by atoms with Crippen molar-refractivity contribution >= 4 is 14.0 Å². The van der Waals surface area contributed by atoms with Gasteiger partial charge in [-0.3, -0.25) is 4.79 Å². The number of terminal acetylenes is 1. The van der Waals surface area contributed by atoms with Crippen molar-refractivity contribution < 1.29 is 9.53 Å². The fourth-order valence-corrected chi connectivity index (χ4v) is 1.75. The lowest BCUT2D eigenvalue weighted by atomic mass is 10.0. The monoisotopic (exact) mass is 236 g/mol. The molecule has 2 nitrogen and oxygen atoms in total. The van der Waals surface area contributed by atoms with Gasteiger partial charge in [-0.2, -0.15) is 0 Å². The SMILES string of the molecule is C#CC(C)(CCC#C[Si](C)(C)C)OC(C)=O. The molecule has 0 heterocycles. The zero-order chi connectivity index (χ0) is 12.8. The molecule has 0 fully saturated rings. The van der Waals surface area contributed by atoms with Crippen LogP contribution < -0.4 is 0 Å². The van der Waals surface area contributed by atoms with Crippen LogP contribution in [-0.4, -0.2) is 19.6 Å². The number of carbonyl (C=O) groups is 1. The summed E-state index contributed by atoms with van der Waals surface area (Å²) < 4.78 is 5.09. The number of rotatable bonds is 3. The lowest BCUT2D eigenvalue weighted by Gasteiger charge is -2.22. The Kier molecular flexibility index (Phi) is 5.34. The zero-order valence-electron chi connectivity index (χ0n) is 10.8. The second kappa shape index (κ2) is 5.77. The summed E-state index contributed by atoms with van der Waals surface area (Å²) in [6, 6.07) is 0. The number of hydrogen-bond acceptors (Lipinski definition) is 2. The Morgan fingerprint density at radius 1 is 1.44 bits per heavy atom. The first-order chi connectivity index (χ1) is 7.18. The van der Waals surface area contributed by atoms with Gasteiger partial charge in [0.15, 0.2) is 5.60 Å². The predicted octanol–water partition coefficient (Wildman–Crippen LogP) is 2.60. The topological polar surface area (TPSA) is 26.3 Å². The molecule has 0 spiro atoms. The molecule has 0 bridgehead atoms. The Balaban J connectivity index is 4.31. The normalized spacial score (nSPS) is 14.0. The van der Waals surface area contributed by atoms with Crippen molar-refractivity contribution in [2.45, 2.75) is 51.9 Å². The van der Waals surface area contributed by atoms with Crippen LogP contribution in [-0.2, 0) is 9.53 Å². The molecule has 0 amide bonds. The van der Waals surface area contributed by atoms with E-state index in [0.717, 1.165) is 0 Å². The van der Waals surface area contributed by atoms with Crippen LogP contribution in [0, 0.1) is 23.8 Å². The molecule has 3 heteroatoms. The summed E-state index contributed by atoms with van der Waals surface area (Å²) in [7, 11) is -1.32. The minimum atomic E-state index is -1.32. The van der Waals surface area contributed by atoms with Crippen molar-refractivity contribution in [3.63, 3.8) is 0 Å². The summed E-state index contributed by atoms with van der Waals surface area (Å²) in [6.07, 6.45) is 6.61. The molecule has 0 aliphatic rings. The molecule has 0 aliphatic heterocycles. The Morgan fingerprint density at radius 2 is 2.00 bits per heavy atom. The molecule has 0 aromatic heterocycles. The average Bonchev–Trinajstić information content (AvgIpc) is 2.10. The molecule has 0 N–H and O–H groups in total.